The summed E-state index contributed by atoms with van der Waals surface area (Å²) in [6.45, 7) is 2.21. The molecule has 0 saturated heterocycles. The Bertz CT molecular complexity index is 542. The largest absolute Gasteiger partial charge is 0.390 e. The summed E-state index contributed by atoms with van der Waals surface area (Å²) < 4.78 is 0. The van der Waals surface area contributed by atoms with Crippen molar-refractivity contribution in [3.8, 4) is 0 Å². The highest BCUT2D eigenvalue weighted by atomic mass is 16.2. The third-order valence-corrected chi connectivity index (χ3v) is 2.95. The Hall–Kier alpha value is -2.57. The van der Waals surface area contributed by atoms with Gasteiger partial charge in [0.25, 0.3) is 0 Å². The molecule has 0 aliphatic carbocycles. The first-order chi connectivity index (χ1) is 9.99. The predicted octanol–water partition coefficient (Wildman–Crippen LogP) is 0.965. The highest BCUT2D eigenvalue weighted by Gasteiger charge is 2.11. The highest BCUT2D eigenvalue weighted by Crippen LogP contribution is 2.30. The Morgan fingerprint density at radius 1 is 1.43 bits per heavy atom. The summed E-state index contributed by atoms with van der Waals surface area (Å²) in [5, 5.41) is 3.07. The third kappa shape index (κ3) is 4.79. The van der Waals surface area contributed by atoms with E-state index in [0.29, 0.717) is 18.7 Å². The van der Waals surface area contributed by atoms with Gasteiger partial charge in [-0.15, -0.1) is 0 Å². The first-order valence-electron chi connectivity index (χ1n) is 6.66. The van der Waals surface area contributed by atoms with Crippen LogP contribution in [0, 0.1) is 0 Å². The van der Waals surface area contributed by atoms with Crippen LogP contribution in [0.4, 0.5) is 17.1 Å². The molecule has 0 unspecified atom stereocenters. The fourth-order valence-electron chi connectivity index (χ4n) is 1.77. The topological polar surface area (TPSA) is 114 Å². The fraction of sp³-hybridized carbons (Fsp3) is 0.357. The maximum Gasteiger partial charge on any atom is 0.226 e. The lowest BCUT2D eigenvalue weighted by atomic mass is 10.2. The number of primary amides is 1. The van der Waals surface area contributed by atoms with E-state index >= 15 is 0 Å². The van der Waals surface area contributed by atoms with Gasteiger partial charge in [0.2, 0.25) is 11.8 Å². The minimum Gasteiger partial charge on any atom is -0.390 e. The minimum absolute atomic E-state index is 0.00659. The first kappa shape index (κ1) is 16.5. The molecule has 0 bridgehead atoms. The molecule has 7 heteroatoms. The van der Waals surface area contributed by atoms with Crippen LogP contribution in [0.5, 0.6) is 0 Å². The van der Waals surface area contributed by atoms with Crippen LogP contribution in [0.2, 0.25) is 0 Å². The number of carbonyl (C=O) groups is 2. The second-order valence-corrected chi connectivity index (χ2v) is 4.43. The van der Waals surface area contributed by atoms with E-state index in [2.05, 4.69) is 10.3 Å². The van der Waals surface area contributed by atoms with Crippen LogP contribution in [-0.2, 0) is 9.59 Å². The molecule has 0 aliphatic rings. The SMILES string of the molecule is CCC(=O)N(C)c1ccc(NCCC(N)=O)c(N=CN)c1. The van der Waals surface area contributed by atoms with Gasteiger partial charge in [0.05, 0.1) is 17.7 Å². The van der Waals surface area contributed by atoms with Gasteiger partial charge in [-0.3, -0.25) is 9.59 Å². The van der Waals surface area contributed by atoms with E-state index in [1.165, 1.54) is 6.34 Å². The Kier molecular flexibility index (Phi) is 6.19. The van der Waals surface area contributed by atoms with E-state index < -0.39 is 0 Å². The number of hydrogen-bond acceptors (Lipinski definition) is 4. The van der Waals surface area contributed by atoms with Crippen LogP contribution in [0.25, 0.3) is 0 Å². The van der Waals surface area contributed by atoms with Crippen molar-refractivity contribution < 1.29 is 9.59 Å². The average Bonchev–Trinajstić information content (AvgIpc) is 2.47. The van der Waals surface area contributed by atoms with Crippen molar-refractivity contribution >= 4 is 35.2 Å². The van der Waals surface area contributed by atoms with Crippen molar-refractivity contribution in [3.05, 3.63) is 18.2 Å². The molecule has 1 aromatic rings. The normalized spacial score (nSPS) is 10.6. The van der Waals surface area contributed by atoms with Crippen molar-refractivity contribution in [2.75, 3.05) is 23.8 Å². The molecule has 0 atom stereocenters. The van der Waals surface area contributed by atoms with Gasteiger partial charge in [0, 0.05) is 32.1 Å². The van der Waals surface area contributed by atoms with Crippen LogP contribution in [-0.4, -0.2) is 31.7 Å². The predicted molar refractivity (Wildman–Crippen MR) is 84.8 cm³/mol. The summed E-state index contributed by atoms with van der Waals surface area (Å²) in [6.07, 6.45) is 1.83. The number of amides is 2. The summed E-state index contributed by atoms with van der Waals surface area (Å²) in [6, 6.07) is 5.34. The van der Waals surface area contributed by atoms with Crippen molar-refractivity contribution in [1.82, 2.24) is 0 Å². The maximum absolute atomic E-state index is 11.7. The summed E-state index contributed by atoms with van der Waals surface area (Å²) in [4.78, 5) is 28.1. The molecule has 0 saturated carbocycles. The minimum atomic E-state index is -0.378. The number of hydrogen-bond donors (Lipinski definition) is 3. The zero-order valence-electron chi connectivity index (χ0n) is 12.3. The quantitative estimate of drug-likeness (QED) is 0.513. The van der Waals surface area contributed by atoms with Crippen molar-refractivity contribution in [2.45, 2.75) is 19.8 Å². The molecule has 21 heavy (non-hydrogen) atoms. The Balaban J connectivity index is 2.96. The smallest absolute Gasteiger partial charge is 0.226 e. The number of anilines is 2. The number of aliphatic imine (C=N–C) groups is 1. The van der Waals surface area contributed by atoms with Gasteiger partial charge in [0.1, 0.15) is 0 Å². The van der Waals surface area contributed by atoms with Crippen LogP contribution in [0.3, 0.4) is 0 Å². The van der Waals surface area contributed by atoms with Crippen molar-refractivity contribution in [1.29, 1.82) is 0 Å². The van der Waals surface area contributed by atoms with Crippen LogP contribution in [0.15, 0.2) is 23.2 Å². The van der Waals surface area contributed by atoms with Crippen LogP contribution in [0.1, 0.15) is 19.8 Å². The molecule has 0 heterocycles. The first-order valence-corrected chi connectivity index (χ1v) is 6.66. The fourth-order valence-corrected chi connectivity index (χ4v) is 1.77. The Labute approximate surface area is 124 Å². The number of nitrogens with one attached hydrogen (secondary N) is 1. The van der Waals surface area contributed by atoms with Gasteiger partial charge in [-0.05, 0) is 18.2 Å². The van der Waals surface area contributed by atoms with Crippen LogP contribution >= 0.6 is 0 Å². The zero-order chi connectivity index (χ0) is 15.8. The molecule has 5 N–H and O–H groups in total. The maximum atomic E-state index is 11.7. The van der Waals surface area contributed by atoms with E-state index in [4.69, 9.17) is 11.5 Å². The molecule has 0 spiro atoms. The molecule has 0 radical (unpaired) electrons. The summed E-state index contributed by atoms with van der Waals surface area (Å²) in [5.74, 6) is -0.372. The molecule has 0 fully saturated rings. The van der Waals surface area contributed by atoms with Gasteiger partial charge >= 0.3 is 0 Å². The van der Waals surface area contributed by atoms with E-state index in [0.717, 1.165) is 11.4 Å². The van der Waals surface area contributed by atoms with Crippen LogP contribution < -0.4 is 21.7 Å². The number of nitrogens with zero attached hydrogens (tertiary/aromatic N) is 2. The summed E-state index contributed by atoms with van der Waals surface area (Å²) in [7, 11) is 1.71. The lowest BCUT2D eigenvalue weighted by Crippen LogP contribution is -2.25. The van der Waals surface area contributed by atoms with E-state index in [9.17, 15) is 9.59 Å². The van der Waals surface area contributed by atoms with Crippen molar-refractivity contribution in [3.63, 3.8) is 0 Å². The van der Waals surface area contributed by atoms with Gasteiger partial charge in [0.15, 0.2) is 0 Å². The standard InChI is InChI=1S/C14H21N5O2/c1-3-14(21)19(2)10-4-5-11(12(8-10)18-9-15)17-7-6-13(16)20/h4-5,8-9,17H,3,6-7H2,1-2H3,(H2,15,18)(H2,16,20). The average molecular weight is 291 g/mol. The molecule has 7 nitrogen and oxygen atoms in total. The van der Waals surface area contributed by atoms with E-state index in [-0.39, 0.29) is 18.2 Å². The lowest BCUT2D eigenvalue weighted by molar-refractivity contribution is -0.118. The van der Waals surface area contributed by atoms with Gasteiger partial charge in [-0.25, -0.2) is 4.99 Å². The van der Waals surface area contributed by atoms with Gasteiger partial charge in [-0.2, -0.15) is 0 Å². The number of nitrogens with two attached hydrogens (primary N) is 2. The Morgan fingerprint density at radius 3 is 2.71 bits per heavy atom. The molecule has 0 aromatic heterocycles. The molecule has 1 rings (SSSR count). The molecule has 2 amide bonds. The molecule has 0 aliphatic heterocycles. The second-order valence-electron chi connectivity index (χ2n) is 4.43. The van der Waals surface area contributed by atoms with E-state index in [1.54, 1.807) is 37.1 Å². The summed E-state index contributed by atoms with van der Waals surface area (Å²) >= 11 is 0. The monoisotopic (exact) mass is 291 g/mol. The number of rotatable bonds is 7. The molecule has 114 valence electrons. The number of carbonyl (C=O) groups excluding carboxylic acids is 2. The van der Waals surface area contributed by atoms with Gasteiger partial charge in [-0.1, -0.05) is 6.92 Å². The molecular weight excluding hydrogens is 270 g/mol. The van der Waals surface area contributed by atoms with Gasteiger partial charge < -0.3 is 21.7 Å². The molecule has 1 aromatic carbocycles. The lowest BCUT2D eigenvalue weighted by Gasteiger charge is -2.18. The summed E-state index contributed by atoms with van der Waals surface area (Å²) in [5.41, 5.74) is 12.5. The number of benzene rings is 1. The van der Waals surface area contributed by atoms with Crippen molar-refractivity contribution in [2.24, 2.45) is 16.5 Å². The zero-order valence-corrected chi connectivity index (χ0v) is 12.3. The van der Waals surface area contributed by atoms with E-state index in [1.807, 2.05) is 0 Å². The highest BCUT2D eigenvalue weighted by molar-refractivity contribution is 5.93. The third-order valence-electron chi connectivity index (χ3n) is 2.95. The Morgan fingerprint density at radius 2 is 2.14 bits per heavy atom. The second kappa shape index (κ2) is 7.88. The molecular formula is C14H21N5O2.